The summed E-state index contributed by atoms with van der Waals surface area (Å²) in [4.78, 5) is 28.0. The van der Waals surface area contributed by atoms with Gasteiger partial charge < -0.3 is 14.8 Å². The van der Waals surface area contributed by atoms with E-state index in [1.807, 2.05) is 54.6 Å². The van der Waals surface area contributed by atoms with Gasteiger partial charge in [0.15, 0.2) is 0 Å². The van der Waals surface area contributed by atoms with Gasteiger partial charge in [0.05, 0.1) is 15.8 Å². The fourth-order valence-electron chi connectivity index (χ4n) is 3.04. The molecule has 0 aliphatic rings. The summed E-state index contributed by atoms with van der Waals surface area (Å²) in [6, 6.07) is 16.9. The summed E-state index contributed by atoms with van der Waals surface area (Å²) >= 11 is 8.74. The zero-order valence-electron chi connectivity index (χ0n) is 25.1. The van der Waals surface area contributed by atoms with Gasteiger partial charge in [0.2, 0.25) is 5.91 Å². The molecule has 9 heteroatoms. The van der Waals surface area contributed by atoms with E-state index in [2.05, 4.69) is 4.98 Å². The molecular formula is C26H26ClN2NaO3S2. The molecule has 1 heterocycles. The maximum absolute atomic E-state index is 12.5. The summed E-state index contributed by atoms with van der Waals surface area (Å²) < 4.78 is 44.2. The number of nitrogens with zero attached hydrogens (tertiary/aromatic N) is 2. The van der Waals surface area contributed by atoms with Crippen molar-refractivity contribution in [3.63, 3.8) is 0 Å². The minimum atomic E-state index is -3.09. The van der Waals surface area contributed by atoms with E-state index in [1.165, 1.54) is 23.5 Å². The molecule has 0 aliphatic carbocycles. The molecule has 3 rings (SSSR count). The Balaban J connectivity index is 0.00000588. The van der Waals surface area contributed by atoms with Crippen molar-refractivity contribution in [2.75, 3.05) is 25.5 Å². The Morgan fingerprint density at radius 2 is 1.83 bits per heavy atom. The van der Waals surface area contributed by atoms with E-state index < -0.39 is 25.8 Å². The maximum atomic E-state index is 12.5. The molecule has 0 N–H and O–H groups in total. The van der Waals surface area contributed by atoms with Crippen LogP contribution in [0.2, 0.25) is 5.02 Å². The minimum absolute atomic E-state index is 0. The maximum Gasteiger partial charge on any atom is 1.00 e. The van der Waals surface area contributed by atoms with Crippen LogP contribution in [0.15, 0.2) is 54.6 Å². The van der Waals surface area contributed by atoms with Crippen LogP contribution < -0.4 is 34.7 Å². The van der Waals surface area contributed by atoms with Gasteiger partial charge in [0, 0.05) is 50.7 Å². The number of fused-ring (bicyclic) bond motifs is 1. The van der Waals surface area contributed by atoms with Crippen molar-refractivity contribution in [1.29, 1.82) is 0 Å². The van der Waals surface area contributed by atoms with Crippen LogP contribution in [-0.4, -0.2) is 47.2 Å². The Morgan fingerprint density at radius 3 is 2.57 bits per heavy atom. The van der Waals surface area contributed by atoms with Crippen molar-refractivity contribution in [2.24, 2.45) is 0 Å². The minimum Gasteiger partial charge on any atom is -0.550 e. The zero-order chi connectivity index (χ0) is 29.5. The number of carbonyl (C=O) groups excluding carboxylic acids is 2. The number of carboxylic acids is 1. The summed E-state index contributed by atoms with van der Waals surface area (Å²) in [7, 11) is 0. The molecule has 0 spiro atoms. The number of carboxylic acid groups (broad SMARTS) is 1. The van der Waals surface area contributed by atoms with Crippen LogP contribution in [0.5, 0.6) is 0 Å². The molecule has 3 aromatic rings. The summed E-state index contributed by atoms with van der Waals surface area (Å²) in [5.41, 5.74) is 3.23. The molecule has 0 radical (unpaired) electrons. The molecule has 2 aromatic carbocycles. The van der Waals surface area contributed by atoms with Crippen LogP contribution in [0.3, 0.4) is 0 Å². The number of pyridine rings is 1. The number of thioether (sulfide) groups is 2. The van der Waals surface area contributed by atoms with Gasteiger partial charge >= 0.3 is 29.6 Å². The second-order valence-corrected chi connectivity index (χ2v) is 10.4. The van der Waals surface area contributed by atoms with Gasteiger partial charge in [-0.2, -0.15) is 0 Å². The summed E-state index contributed by atoms with van der Waals surface area (Å²) in [6.07, 6.45) is 3.28. The number of aliphatic carboxylic acids is 1. The van der Waals surface area contributed by atoms with Gasteiger partial charge in [-0.3, -0.25) is 4.79 Å². The number of aromatic nitrogens is 1. The van der Waals surface area contributed by atoms with Crippen molar-refractivity contribution in [2.45, 2.75) is 17.4 Å². The first kappa shape index (κ1) is 21.6. The van der Waals surface area contributed by atoms with Crippen LogP contribution in [-0.2, 0) is 9.59 Å². The van der Waals surface area contributed by atoms with Crippen molar-refractivity contribution in [3.05, 3.63) is 76.4 Å². The first-order valence-corrected chi connectivity index (χ1v) is 12.8. The van der Waals surface area contributed by atoms with E-state index in [1.54, 1.807) is 12.1 Å². The average molecular weight is 543 g/mol. The van der Waals surface area contributed by atoms with E-state index in [4.69, 9.17) is 19.8 Å². The van der Waals surface area contributed by atoms with E-state index in [0.29, 0.717) is 5.02 Å². The van der Waals surface area contributed by atoms with Crippen molar-refractivity contribution < 1.29 is 52.5 Å². The smallest absolute Gasteiger partial charge is 0.550 e. The first-order valence-electron chi connectivity index (χ1n) is 13.3. The Morgan fingerprint density at radius 1 is 1.09 bits per heavy atom. The third-order valence-corrected chi connectivity index (χ3v) is 7.80. The molecule has 1 amide bonds. The Hall–Kier alpha value is -1.48. The molecule has 5 nitrogen and oxygen atoms in total. The second-order valence-electron chi connectivity index (χ2n) is 7.25. The standard InChI is InChI=1S/C26H27ClN2O3S2.Na/c1-29(2)24(30)12-14-33-26(34-15-13-25(31)32)20-5-3-4-18(16-20)6-10-22-11-8-19-7-9-21(27)17-23(19)28-22;/h3-11,16-17,26H,12-15H2,1-2H3,(H,31,32);/q;+1/p-1/b10-6+;/i1D3,2D3;. The van der Waals surface area contributed by atoms with Crippen molar-refractivity contribution in [1.82, 2.24) is 9.88 Å². The number of rotatable bonds is 11. The van der Waals surface area contributed by atoms with E-state index in [-0.39, 0.29) is 63.4 Å². The topological polar surface area (TPSA) is 73.3 Å². The van der Waals surface area contributed by atoms with Gasteiger partial charge in [0.1, 0.15) is 0 Å². The van der Waals surface area contributed by atoms with Crippen LogP contribution in [0.4, 0.5) is 0 Å². The summed E-state index contributed by atoms with van der Waals surface area (Å²) in [5, 5.41) is 12.5. The normalized spacial score (nSPS) is 15.1. The number of hydrogen-bond acceptors (Lipinski definition) is 6. The summed E-state index contributed by atoms with van der Waals surface area (Å²) in [6.45, 7) is -6.19. The fourth-order valence-corrected chi connectivity index (χ4v) is 5.86. The van der Waals surface area contributed by atoms with Gasteiger partial charge in [-0.25, -0.2) is 4.98 Å². The number of hydrogen-bond donors (Lipinski definition) is 0. The number of carbonyl (C=O) groups is 2. The molecule has 178 valence electrons. The predicted octanol–water partition coefficient (Wildman–Crippen LogP) is 2.15. The molecule has 0 bridgehead atoms. The van der Waals surface area contributed by atoms with Crippen molar-refractivity contribution >= 4 is 70.1 Å². The van der Waals surface area contributed by atoms with Crippen LogP contribution in [0, 0.1) is 0 Å². The number of halogens is 1. The van der Waals surface area contributed by atoms with E-state index in [0.717, 1.165) is 27.7 Å². The van der Waals surface area contributed by atoms with Gasteiger partial charge in [0.25, 0.3) is 0 Å². The summed E-state index contributed by atoms with van der Waals surface area (Å²) in [5.74, 6) is -1.80. The fraction of sp³-hybridized carbons (Fsp3) is 0.269. The zero-order valence-corrected chi connectivity index (χ0v) is 23.5. The molecule has 0 saturated carbocycles. The van der Waals surface area contributed by atoms with Gasteiger partial charge in [-0.05, 0) is 53.6 Å². The quantitative estimate of drug-likeness (QED) is 0.273. The van der Waals surface area contributed by atoms with Gasteiger partial charge in [-0.1, -0.05) is 48.0 Å². The van der Waals surface area contributed by atoms with Crippen LogP contribution in [0.25, 0.3) is 23.1 Å². The average Bonchev–Trinajstić information content (AvgIpc) is 2.84. The van der Waals surface area contributed by atoms with E-state index in [9.17, 15) is 14.7 Å². The molecular weight excluding hydrogens is 511 g/mol. The molecule has 0 saturated heterocycles. The molecule has 35 heavy (non-hydrogen) atoms. The third kappa shape index (κ3) is 9.83. The van der Waals surface area contributed by atoms with Crippen molar-refractivity contribution in [3.8, 4) is 0 Å². The Kier molecular flexibility index (Phi) is 9.21. The molecule has 0 fully saturated rings. The molecule has 0 aliphatic heterocycles. The predicted molar refractivity (Wildman–Crippen MR) is 143 cm³/mol. The van der Waals surface area contributed by atoms with E-state index >= 15 is 0 Å². The van der Waals surface area contributed by atoms with Crippen LogP contribution >= 0.6 is 35.1 Å². The Labute approximate surface area is 250 Å². The number of amides is 1. The molecule has 1 unspecified atom stereocenters. The molecule has 1 atom stereocenters. The third-order valence-electron chi connectivity index (χ3n) is 4.72. The Bertz CT molecular complexity index is 1380. The van der Waals surface area contributed by atoms with Gasteiger partial charge in [-0.15, -0.1) is 23.5 Å². The second kappa shape index (κ2) is 14.9. The SMILES string of the molecule is [2H]C([2H])([2H])N(C(=O)CCSC(SCCC(=O)[O-])c1cccc(/C=C/c2ccc3ccc(Cl)cc3n2)c1)C([2H])([2H])[2H].[Na+]. The van der Waals surface area contributed by atoms with Crippen LogP contribution in [0.1, 0.15) is 42.5 Å². The number of benzene rings is 2. The first-order chi connectivity index (χ1) is 18.7. The monoisotopic (exact) mass is 542 g/mol. The largest absolute Gasteiger partial charge is 1.00 e. The molecule has 1 aromatic heterocycles.